The first kappa shape index (κ1) is 15.3. The number of nitro benzene ring substituents is 1. The largest absolute Gasteiger partial charge is 0.321 e. The molecule has 0 spiro atoms. The number of hydrogen-bond donors (Lipinski definition) is 1. The zero-order valence-electron chi connectivity index (χ0n) is 10.3. The average Bonchev–Trinajstić information content (AvgIpc) is 2.41. The average molecular weight is 404 g/mol. The molecule has 0 bridgehead atoms. The number of carbonyl (C=O) groups is 1. The molecule has 108 valence electrons. The van der Waals surface area contributed by atoms with E-state index in [4.69, 9.17) is 0 Å². The van der Waals surface area contributed by atoms with Crippen LogP contribution in [0.4, 0.5) is 20.2 Å². The summed E-state index contributed by atoms with van der Waals surface area (Å²) in [4.78, 5) is 21.6. The maximum absolute atomic E-state index is 13.5. The molecule has 5 nitrogen and oxygen atoms in total. The molecule has 0 aromatic heterocycles. The zero-order valence-corrected chi connectivity index (χ0v) is 12.4. The van der Waals surface area contributed by atoms with Gasteiger partial charge in [0.15, 0.2) is 0 Å². The van der Waals surface area contributed by atoms with Crippen molar-refractivity contribution in [3.05, 3.63) is 67.3 Å². The van der Waals surface area contributed by atoms with Crippen molar-refractivity contribution in [2.24, 2.45) is 0 Å². The molecule has 8 heteroatoms. The number of nitrogens with zero attached hydrogens (tertiary/aromatic N) is 1. The predicted molar refractivity (Wildman–Crippen MR) is 80.1 cm³/mol. The van der Waals surface area contributed by atoms with E-state index in [0.717, 1.165) is 18.2 Å². The van der Waals surface area contributed by atoms with Crippen LogP contribution in [0.15, 0.2) is 36.4 Å². The third-order valence-corrected chi connectivity index (χ3v) is 3.48. The van der Waals surface area contributed by atoms with Crippen molar-refractivity contribution >= 4 is 39.9 Å². The fraction of sp³-hybridized carbons (Fsp3) is 0. The lowest BCUT2D eigenvalue weighted by atomic mass is 10.2. The lowest BCUT2D eigenvalue weighted by Crippen LogP contribution is -2.13. The Morgan fingerprint density at radius 2 is 1.90 bits per heavy atom. The minimum Gasteiger partial charge on any atom is -0.321 e. The van der Waals surface area contributed by atoms with Crippen LogP contribution in [0, 0.1) is 25.3 Å². The molecule has 0 radical (unpaired) electrons. The molecule has 0 aliphatic heterocycles. The van der Waals surface area contributed by atoms with Gasteiger partial charge in [0.25, 0.3) is 5.91 Å². The quantitative estimate of drug-likeness (QED) is 0.482. The number of amides is 1. The summed E-state index contributed by atoms with van der Waals surface area (Å²) >= 11 is 1.84. The number of nitro groups is 1. The Labute approximate surface area is 131 Å². The van der Waals surface area contributed by atoms with Gasteiger partial charge in [0.2, 0.25) is 5.82 Å². The van der Waals surface area contributed by atoms with Crippen molar-refractivity contribution in [3.8, 4) is 0 Å². The summed E-state index contributed by atoms with van der Waals surface area (Å²) in [5.41, 5.74) is -0.415. The molecule has 0 unspecified atom stereocenters. The molecule has 2 aromatic rings. The number of halogens is 3. The first-order valence-corrected chi connectivity index (χ1v) is 6.66. The van der Waals surface area contributed by atoms with Crippen LogP contribution in [-0.2, 0) is 0 Å². The van der Waals surface area contributed by atoms with E-state index < -0.39 is 28.2 Å². The summed E-state index contributed by atoms with van der Waals surface area (Å²) in [6, 6.07) is 6.62. The molecule has 0 saturated heterocycles. The first-order valence-electron chi connectivity index (χ1n) is 5.59. The van der Waals surface area contributed by atoms with Crippen molar-refractivity contribution in [2.75, 3.05) is 5.32 Å². The van der Waals surface area contributed by atoms with Gasteiger partial charge in [-0.2, -0.15) is 4.39 Å². The van der Waals surface area contributed by atoms with Gasteiger partial charge in [0.1, 0.15) is 5.82 Å². The predicted octanol–water partition coefficient (Wildman–Crippen LogP) is 3.73. The second-order valence-electron chi connectivity index (χ2n) is 4.00. The highest BCUT2D eigenvalue weighted by Crippen LogP contribution is 2.22. The second-order valence-corrected chi connectivity index (χ2v) is 5.16. The summed E-state index contributed by atoms with van der Waals surface area (Å²) in [5.74, 6) is -2.19. The summed E-state index contributed by atoms with van der Waals surface area (Å²) < 4.78 is 26.9. The third kappa shape index (κ3) is 3.51. The Balaban J connectivity index is 2.24. The Morgan fingerprint density at radius 1 is 1.19 bits per heavy atom. The van der Waals surface area contributed by atoms with Crippen LogP contribution in [-0.4, -0.2) is 10.8 Å². The Hall–Kier alpha value is -2.10. The van der Waals surface area contributed by atoms with Crippen LogP contribution in [0.5, 0.6) is 0 Å². The summed E-state index contributed by atoms with van der Waals surface area (Å²) in [5, 5.41) is 13.0. The molecule has 2 aromatic carbocycles. The van der Waals surface area contributed by atoms with Crippen LogP contribution < -0.4 is 5.32 Å². The van der Waals surface area contributed by atoms with Crippen molar-refractivity contribution in [3.63, 3.8) is 0 Å². The van der Waals surface area contributed by atoms with E-state index in [1.807, 2.05) is 22.6 Å². The zero-order chi connectivity index (χ0) is 15.6. The number of carbonyl (C=O) groups excluding carboxylic acids is 1. The highest BCUT2D eigenvalue weighted by Gasteiger charge is 2.17. The van der Waals surface area contributed by atoms with Gasteiger partial charge < -0.3 is 5.32 Å². The number of hydrogen-bond acceptors (Lipinski definition) is 3. The summed E-state index contributed by atoms with van der Waals surface area (Å²) in [6.45, 7) is 0. The third-order valence-electron chi connectivity index (χ3n) is 2.59. The highest BCUT2D eigenvalue weighted by molar-refractivity contribution is 14.1. The van der Waals surface area contributed by atoms with Crippen molar-refractivity contribution in [1.29, 1.82) is 0 Å². The fourth-order valence-electron chi connectivity index (χ4n) is 1.58. The van der Waals surface area contributed by atoms with Gasteiger partial charge in [-0.15, -0.1) is 0 Å². The van der Waals surface area contributed by atoms with Crippen molar-refractivity contribution < 1.29 is 18.5 Å². The Bertz CT molecular complexity index is 737. The Morgan fingerprint density at radius 3 is 2.48 bits per heavy atom. The van der Waals surface area contributed by atoms with E-state index in [-0.39, 0.29) is 5.56 Å². The lowest BCUT2D eigenvalue weighted by Gasteiger charge is -2.07. The fourth-order valence-corrected chi connectivity index (χ4v) is 2.19. The SMILES string of the molecule is O=C(Nc1ccc(F)cc1I)c1ccc([N+](=O)[O-])c(F)c1. The van der Waals surface area contributed by atoms with E-state index in [9.17, 15) is 23.7 Å². The van der Waals surface area contributed by atoms with Crippen LogP contribution in [0.1, 0.15) is 10.4 Å². The molecule has 0 fully saturated rings. The molecular weight excluding hydrogens is 397 g/mol. The molecule has 2 rings (SSSR count). The summed E-state index contributed by atoms with van der Waals surface area (Å²) in [7, 11) is 0. The molecule has 0 heterocycles. The monoisotopic (exact) mass is 404 g/mol. The van der Waals surface area contributed by atoms with Gasteiger partial charge in [0, 0.05) is 15.2 Å². The van der Waals surface area contributed by atoms with Crippen LogP contribution in [0.3, 0.4) is 0 Å². The smallest absolute Gasteiger partial charge is 0.304 e. The molecule has 0 aliphatic carbocycles. The number of nitrogens with one attached hydrogen (secondary N) is 1. The molecule has 0 atom stereocenters. The van der Waals surface area contributed by atoms with Gasteiger partial charge >= 0.3 is 5.69 Å². The van der Waals surface area contributed by atoms with Crippen LogP contribution in [0.25, 0.3) is 0 Å². The maximum Gasteiger partial charge on any atom is 0.304 e. The minimum atomic E-state index is -1.10. The van der Waals surface area contributed by atoms with E-state index in [1.165, 1.54) is 18.2 Å². The lowest BCUT2D eigenvalue weighted by molar-refractivity contribution is -0.387. The van der Waals surface area contributed by atoms with Gasteiger partial charge in [0.05, 0.1) is 10.6 Å². The van der Waals surface area contributed by atoms with E-state index in [0.29, 0.717) is 9.26 Å². The minimum absolute atomic E-state index is 0.0711. The number of rotatable bonds is 3. The van der Waals surface area contributed by atoms with Gasteiger partial charge in [-0.05, 0) is 52.9 Å². The van der Waals surface area contributed by atoms with Crippen LogP contribution >= 0.6 is 22.6 Å². The number of anilines is 1. The molecular formula is C13H7F2IN2O3. The van der Waals surface area contributed by atoms with Crippen LogP contribution in [0.2, 0.25) is 0 Å². The van der Waals surface area contributed by atoms with E-state index in [1.54, 1.807) is 0 Å². The summed E-state index contributed by atoms with van der Waals surface area (Å²) in [6.07, 6.45) is 0. The van der Waals surface area contributed by atoms with Crippen molar-refractivity contribution in [1.82, 2.24) is 0 Å². The standard InChI is InChI=1S/C13H7F2IN2O3/c14-8-2-3-11(10(16)6-8)17-13(19)7-1-4-12(18(20)21)9(15)5-7/h1-6H,(H,17,19). The molecule has 0 saturated carbocycles. The molecule has 21 heavy (non-hydrogen) atoms. The van der Waals surface area contributed by atoms with E-state index >= 15 is 0 Å². The Kier molecular flexibility index (Phi) is 4.46. The van der Waals surface area contributed by atoms with Crippen molar-refractivity contribution in [2.45, 2.75) is 0 Å². The topological polar surface area (TPSA) is 72.2 Å². The molecule has 1 N–H and O–H groups in total. The van der Waals surface area contributed by atoms with Gasteiger partial charge in [-0.3, -0.25) is 14.9 Å². The number of benzene rings is 2. The van der Waals surface area contributed by atoms with E-state index in [2.05, 4.69) is 5.32 Å². The van der Waals surface area contributed by atoms with Gasteiger partial charge in [-0.25, -0.2) is 4.39 Å². The first-order chi connectivity index (χ1) is 9.88. The molecule has 0 aliphatic rings. The molecule has 1 amide bonds. The van der Waals surface area contributed by atoms with Gasteiger partial charge in [-0.1, -0.05) is 0 Å². The highest BCUT2D eigenvalue weighted by atomic mass is 127. The maximum atomic E-state index is 13.5. The second kappa shape index (κ2) is 6.12. The normalized spacial score (nSPS) is 10.2.